The summed E-state index contributed by atoms with van der Waals surface area (Å²) in [6.45, 7) is 0. The van der Waals surface area contributed by atoms with E-state index in [1.165, 1.54) is 3.57 Å². The van der Waals surface area contributed by atoms with E-state index in [0.717, 1.165) is 11.4 Å². The molecule has 0 aliphatic rings. The van der Waals surface area contributed by atoms with Crippen molar-refractivity contribution in [2.24, 2.45) is 5.10 Å². The molecular weight excluding hydrogens is 353 g/mol. The van der Waals surface area contributed by atoms with E-state index in [2.05, 4.69) is 66.7 Å². The largest absolute Gasteiger partial charge is 0.316 e. The van der Waals surface area contributed by atoms with Gasteiger partial charge in [0.05, 0.1) is 11.9 Å². The first-order valence-electron chi connectivity index (χ1n) is 5.65. The molecule has 0 N–H and O–H groups in total. The predicted molar refractivity (Wildman–Crippen MR) is 81.5 cm³/mol. The second-order valence-corrected chi connectivity index (χ2v) is 5.11. The van der Waals surface area contributed by atoms with Gasteiger partial charge in [-0.3, -0.25) is 0 Å². The molecule has 0 saturated heterocycles. The molecule has 1 aromatic carbocycles. The highest BCUT2D eigenvalue weighted by Gasteiger charge is 2.00. The van der Waals surface area contributed by atoms with Gasteiger partial charge in [-0.25, -0.2) is 4.68 Å². The first-order chi connectivity index (χ1) is 9.33. The Bertz CT molecular complexity index is 682. The van der Waals surface area contributed by atoms with Crippen LogP contribution < -0.4 is 0 Å². The molecule has 0 atom stereocenters. The lowest BCUT2D eigenvalue weighted by molar-refractivity contribution is 0.875. The topological polar surface area (TPSA) is 48.0 Å². The van der Waals surface area contributed by atoms with E-state index in [0.29, 0.717) is 0 Å². The van der Waals surface area contributed by atoms with Crippen LogP contribution in [0.2, 0.25) is 0 Å². The minimum absolute atomic E-state index is 0.995. The van der Waals surface area contributed by atoms with E-state index in [1.807, 2.05) is 18.3 Å². The van der Waals surface area contributed by atoms with Crippen LogP contribution in [0.4, 0.5) is 0 Å². The quantitative estimate of drug-likeness (QED) is 0.531. The Kier molecular flexibility index (Phi) is 3.41. The van der Waals surface area contributed by atoms with E-state index in [9.17, 15) is 0 Å². The molecule has 0 aliphatic carbocycles. The summed E-state index contributed by atoms with van der Waals surface area (Å²) in [6, 6.07) is 12.3. The summed E-state index contributed by atoms with van der Waals surface area (Å²) in [5.74, 6) is 0. The lowest BCUT2D eigenvalue weighted by Crippen LogP contribution is -1.98. The summed E-state index contributed by atoms with van der Waals surface area (Å²) in [6.07, 6.45) is 6.89. The molecule has 0 spiro atoms. The Morgan fingerprint density at radius 2 is 1.79 bits per heavy atom. The van der Waals surface area contributed by atoms with E-state index in [4.69, 9.17) is 0 Å². The van der Waals surface area contributed by atoms with Gasteiger partial charge in [-0.05, 0) is 59.0 Å². The van der Waals surface area contributed by atoms with Crippen molar-refractivity contribution in [3.63, 3.8) is 0 Å². The van der Waals surface area contributed by atoms with Crippen LogP contribution in [0.5, 0.6) is 0 Å². The Hall–Kier alpha value is -1.96. The zero-order valence-corrected chi connectivity index (χ0v) is 12.0. The smallest absolute Gasteiger partial charge is 0.141 e. The van der Waals surface area contributed by atoms with Crippen LogP contribution in [-0.2, 0) is 0 Å². The van der Waals surface area contributed by atoms with Gasteiger partial charge in [-0.1, -0.05) is 0 Å². The molecule has 5 nitrogen and oxygen atoms in total. The van der Waals surface area contributed by atoms with Crippen molar-refractivity contribution in [1.29, 1.82) is 0 Å². The molecule has 19 heavy (non-hydrogen) atoms. The van der Waals surface area contributed by atoms with Gasteiger partial charge < -0.3 is 4.57 Å². The number of aromatic nitrogens is 4. The fraction of sp³-hybridized carbons (Fsp3) is 0. The summed E-state index contributed by atoms with van der Waals surface area (Å²) >= 11 is 2.29. The number of hydrogen-bond acceptors (Lipinski definition) is 3. The average molecular weight is 363 g/mol. The zero-order valence-electron chi connectivity index (χ0n) is 9.89. The maximum Gasteiger partial charge on any atom is 0.141 e. The Balaban J connectivity index is 1.92. The van der Waals surface area contributed by atoms with E-state index in [1.54, 1.807) is 23.5 Å². The van der Waals surface area contributed by atoms with Crippen LogP contribution in [0.3, 0.4) is 0 Å². The summed E-state index contributed by atoms with van der Waals surface area (Å²) < 4.78 is 4.85. The van der Waals surface area contributed by atoms with Gasteiger partial charge in [0, 0.05) is 15.5 Å². The van der Waals surface area contributed by atoms with E-state index >= 15 is 0 Å². The molecule has 0 bridgehead atoms. The van der Waals surface area contributed by atoms with Crippen molar-refractivity contribution in [3.8, 4) is 5.69 Å². The summed E-state index contributed by atoms with van der Waals surface area (Å²) in [7, 11) is 0. The van der Waals surface area contributed by atoms with Crippen LogP contribution in [0.25, 0.3) is 5.69 Å². The lowest BCUT2D eigenvalue weighted by Gasteiger charge is -2.06. The summed E-state index contributed by atoms with van der Waals surface area (Å²) in [5, 5.41) is 11.7. The van der Waals surface area contributed by atoms with Crippen molar-refractivity contribution < 1.29 is 0 Å². The molecule has 0 amide bonds. The molecular formula is C13H10IN5. The van der Waals surface area contributed by atoms with E-state index < -0.39 is 0 Å². The number of benzene rings is 1. The molecule has 0 fully saturated rings. The van der Waals surface area contributed by atoms with Crippen molar-refractivity contribution in [3.05, 3.63) is 64.5 Å². The zero-order chi connectivity index (χ0) is 13.1. The highest BCUT2D eigenvalue weighted by atomic mass is 127. The normalized spacial score (nSPS) is 11.2. The first-order valence-corrected chi connectivity index (χ1v) is 6.73. The van der Waals surface area contributed by atoms with Gasteiger partial charge in [0.1, 0.15) is 12.7 Å². The lowest BCUT2D eigenvalue weighted by atomic mass is 10.3. The van der Waals surface area contributed by atoms with Gasteiger partial charge in [0.2, 0.25) is 0 Å². The van der Waals surface area contributed by atoms with Crippen LogP contribution >= 0.6 is 22.6 Å². The van der Waals surface area contributed by atoms with Crippen molar-refractivity contribution in [1.82, 2.24) is 19.4 Å². The van der Waals surface area contributed by atoms with Crippen LogP contribution in [0.15, 0.2) is 60.4 Å². The average Bonchev–Trinajstić information content (AvgIpc) is 3.08. The number of halogens is 1. The Morgan fingerprint density at radius 1 is 1.05 bits per heavy atom. The number of rotatable bonds is 3. The molecule has 0 radical (unpaired) electrons. The third-order valence-corrected chi connectivity index (χ3v) is 3.33. The monoisotopic (exact) mass is 363 g/mol. The van der Waals surface area contributed by atoms with E-state index in [-0.39, 0.29) is 0 Å². The maximum absolute atomic E-state index is 4.26. The van der Waals surface area contributed by atoms with Gasteiger partial charge in [0.25, 0.3) is 0 Å². The second-order valence-electron chi connectivity index (χ2n) is 3.87. The van der Waals surface area contributed by atoms with Gasteiger partial charge in [0.15, 0.2) is 0 Å². The third kappa shape index (κ3) is 2.73. The minimum atomic E-state index is 0.995. The first kappa shape index (κ1) is 12.1. The minimum Gasteiger partial charge on any atom is -0.316 e. The van der Waals surface area contributed by atoms with Crippen LogP contribution in [0.1, 0.15) is 5.69 Å². The molecule has 94 valence electrons. The molecule has 6 heteroatoms. The standard InChI is InChI=1S/C13H10IN5/c14-11-3-5-12(6-4-11)19-7-1-2-13(19)8-17-18-9-15-16-10-18/h1-10H/b17-8-. The molecule has 0 aliphatic heterocycles. The molecule has 2 heterocycles. The van der Waals surface area contributed by atoms with Crippen molar-refractivity contribution in [2.75, 3.05) is 0 Å². The summed E-state index contributed by atoms with van der Waals surface area (Å²) in [4.78, 5) is 0. The van der Waals surface area contributed by atoms with Gasteiger partial charge >= 0.3 is 0 Å². The Morgan fingerprint density at radius 3 is 2.53 bits per heavy atom. The molecule has 3 aromatic rings. The van der Waals surface area contributed by atoms with Crippen molar-refractivity contribution in [2.45, 2.75) is 0 Å². The van der Waals surface area contributed by atoms with Crippen LogP contribution in [0, 0.1) is 3.57 Å². The Labute approximate surface area is 123 Å². The molecule has 0 saturated carbocycles. The number of nitrogens with zero attached hydrogens (tertiary/aromatic N) is 5. The predicted octanol–water partition coefficient (Wildman–Crippen LogP) is 2.56. The second kappa shape index (κ2) is 5.35. The molecule has 2 aromatic heterocycles. The van der Waals surface area contributed by atoms with Crippen molar-refractivity contribution >= 4 is 28.8 Å². The van der Waals surface area contributed by atoms with Crippen LogP contribution in [-0.4, -0.2) is 25.7 Å². The fourth-order valence-electron chi connectivity index (χ4n) is 1.72. The fourth-order valence-corrected chi connectivity index (χ4v) is 2.08. The highest BCUT2D eigenvalue weighted by molar-refractivity contribution is 14.1. The summed E-state index contributed by atoms with van der Waals surface area (Å²) in [5.41, 5.74) is 2.10. The SMILES string of the molecule is Ic1ccc(-n2cccc2/C=N\n2cnnc2)cc1. The molecule has 3 rings (SSSR count). The molecule has 0 unspecified atom stereocenters. The van der Waals surface area contributed by atoms with Gasteiger partial charge in [-0.2, -0.15) is 5.10 Å². The maximum atomic E-state index is 4.26. The van der Waals surface area contributed by atoms with Gasteiger partial charge in [-0.15, -0.1) is 10.2 Å². The highest BCUT2D eigenvalue weighted by Crippen LogP contribution is 2.13. The number of hydrogen-bond donors (Lipinski definition) is 0. The third-order valence-electron chi connectivity index (χ3n) is 2.61.